The zero-order valence-corrected chi connectivity index (χ0v) is 10.2. The number of hydrogen-bond acceptors (Lipinski definition) is 6. The van der Waals surface area contributed by atoms with Crippen LogP contribution in [0, 0.1) is 0 Å². The summed E-state index contributed by atoms with van der Waals surface area (Å²) in [6.07, 6.45) is -2.50. The molecule has 19 heavy (non-hydrogen) atoms. The fraction of sp³-hybridized carbons (Fsp3) is 0.455. The zero-order valence-electron chi connectivity index (χ0n) is 10.2. The highest BCUT2D eigenvalue weighted by Gasteiger charge is 2.41. The maximum Gasteiger partial charge on any atom is 0.336 e. The fourth-order valence-corrected chi connectivity index (χ4v) is 1.18. The fourth-order valence-electron chi connectivity index (χ4n) is 1.18. The van der Waals surface area contributed by atoms with Gasteiger partial charge in [-0.15, -0.1) is 0 Å². The minimum absolute atomic E-state index is 0.541. The molecule has 8 heteroatoms. The quantitative estimate of drug-likeness (QED) is 0.392. The molecule has 0 aromatic rings. The molecule has 8 nitrogen and oxygen atoms in total. The first-order valence-electron chi connectivity index (χ1n) is 5.12. The standard InChI is InChI=1S/C11H14O8/c1-3-7(6(2)12)19-9(15)5-11(18,10(16)17)4-8(13)14/h3,7,18H,1,4-5H2,2H3,(H,13,14)(H,16,17). The second kappa shape index (κ2) is 6.64. The molecule has 0 aliphatic heterocycles. The summed E-state index contributed by atoms with van der Waals surface area (Å²) in [6.45, 7) is 4.37. The van der Waals surface area contributed by atoms with E-state index >= 15 is 0 Å². The number of ether oxygens (including phenoxy) is 1. The van der Waals surface area contributed by atoms with Gasteiger partial charge in [-0.2, -0.15) is 0 Å². The minimum atomic E-state index is -2.79. The van der Waals surface area contributed by atoms with Crippen molar-refractivity contribution in [2.75, 3.05) is 0 Å². The SMILES string of the molecule is C=CC(OC(=O)CC(O)(CC(=O)O)C(=O)O)C(C)=O. The van der Waals surface area contributed by atoms with Gasteiger partial charge < -0.3 is 20.1 Å². The van der Waals surface area contributed by atoms with Crippen molar-refractivity contribution in [3.63, 3.8) is 0 Å². The molecule has 0 bridgehead atoms. The Morgan fingerprint density at radius 3 is 2.11 bits per heavy atom. The Labute approximate surface area is 108 Å². The smallest absolute Gasteiger partial charge is 0.336 e. The molecule has 2 unspecified atom stereocenters. The maximum atomic E-state index is 11.4. The van der Waals surface area contributed by atoms with E-state index in [0.29, 0.717) is 0 Å². The van der Waals surface area contributed by atoms with Crippen LogP contribution < -0.4 is 0 Å². The normalized spacial score (nSPS) is 14.8. The van der Waals surface area contributed by atoms with Gasteiger partial charge in [0, 0.05) is 0 Å². The molecule has 0 amide bonds. The van der Waals surface area contributed by atoms with Crippen molar-refractivity contribution in [2.45, 2.75) is 31.5 Å². The van der Waals surface area contributed by atoms with E-state index in [1.165, 1.54) is 0 Å². The highest BCUT2D eigenvalue weighted by molar-refractivity contribution is 5.90. The molecule has 3 N–H and O–H groups in total. The molecule has 0 saturated carbocycles. The largest absolute Gasteiger partial charge is 0.481 e. The molecule has 0 saturated heterocycles. The molecular formula is C11H14O8. The molecule has 0 aromatic heterocycles. The van der Waals surface area contributed by atoms with Gasteiger partial charge in [0.2, 0.25) is 0 Å². The van der Waals surface area contributed by atoms with Crippen LogP contribution in [0.15, 0.2) is 12.7 Å². The lowest BCUT2D eigenvalue weighted by Crippen LogP contribution is -2.43. The number of Topliss-reactive ketones (excluding diaryl/α,β-unsaturated/α-hetero) is 1. The van der Waals surface area contributed by atoms with E-state index < -0.39 is 48.2 Å². The molecule has 0 spiro atoms. The lowest BCUT2D eigenvalue weighted by molar-refractivity contribution is -0.173. The van der Waals surface area contributed by atoms with Crippen LogP contribution in [0.1, 0.15) is 19.8 Å². The molecule has 0 aliphatic rings. The Kier molecular flexibility index (Phi) is 5.87. The van der Waals surface area contributed by atoms with Crippen molar-refractivity contribution >= 4 is 23.7 Å². The molecule has 0 fully saturated rings. The predicted molar refractivity (Wildman–Crippen MR) is 60.2 cm³/mol. The summed E-state index contributed by atoms with van der Waals surface area (Å²) in [5.41, 5.74) is -2.79. The van der Waals surface area contributed by atoms with Crippen LogP contribution in [-0.4, -0.2) is 50.7 Å². The number of aliphatic carboxylic acids is 2. The maximum absolute atomic E-state index is 11.4. The monoisotopic (exact) mass is 274 g/mol. The summed E-state index contributed by atoms with van der Waals surface area (Å²) in [4.78, 5) is 43.6. The van der Waals surface area contributed by atoms with Crippen molar-refractivity contribution in [3.8, 4) is 0 Å². The van der Waals surface area contributed by atoms with Crippen molar-refractivity contribution in [3.05, 3.63) is 12.7 Å². The molecule has 106 valence electrons. The molecule has 0 rings (SSSR count). The third-order valence-electron chi connectivity index (χ3n) is 2.15. The van der Waals surface area contributed by atoms with Gasteiger partial charge in [-0.3, -0.25) is 14.4 Å². The number of ketones is 1. The van der Waals surface area contributed by atoms with Crippen LogP contribution in [-0.2, 0) is 23.9 Å². The van der Waals surface area contributed by atoms with Gasteiger partial charge in [0.05, 0.1) is 12.8 Å². The van der Waals surface area contributed by atoms with Gasteiger partial charge in [0.15, 0.2) is 17.5 Å². The molecule has 0 heterocycles. The van der Waals surface area contributed by atoms with E-state index in [2.05, 4.69) is 11.3 Å². The van der Waals surface area contributed by atoms with Crippen molar-refractivity contribution in [1.82, 2.24) is 0 Å². The van der Waals surface area contributed by atoms with Crippen molar-refractivity contribution < 1.29 is 39.2 Å². The summed E-state index contributed by atoms with van der Waals surface area (Å²) in [5, 5.41) is 26.8. The van der Waals surface area contributed by atoms with Gasteiger partial charge in [-0.05, 0) is 13.0 Å². The Morgan fingerprint density at radius 2 is 1.79 bits per heavy atom. The van der Waals surface area contributed by atoms with Gasteiger partial charge in [0.25, 0.3) is 0 Å². The summed E-state index contributed by atoms with van der Waals surface area (Å²) < 4.78 is 4.57. The van der Waals surface area contributed by atoms with Gasteiger partial charge in [0.1, 0.15) is 0 Å². The Bertz CT molecular complexity index is 413. The van der Waals surface area contributed by atoms with E-state index in [4.69, 9.17) is 10.2 Å². The van der Waals surface area contributed by atoms with Crippen LogP contribution in [0.2, 0.25) is 0 Å². The third-order valence-corrected chi connectivity index (χ3v) is 2.15. The Balaban J connectivity index is 4.82. The number of carboxylic acid groups (broad SMARTS) is 2. The summed E-state index contributed by atoms with van der Waals surface area (Å²) in [5.74, 6) is -5.22. The van der Waals surface area contributed by atoms with E-state index in [1.807, 2.05) is 0 Å². The van der Waals surface area contributed by atoms with Crippen molar-refractivity contribution in [2.24, 2.45) is 0 Å². The summed E-state index contributed by atoms with van der Waals surface area (Å²) >= 11 is 0. The van der Waals surface area contributed by atoms with Gasteiger partial charge in [-0.1, -0.05) is 6.58 Å². The zero-order chi connectivity index (χ0) is 15.2. The molecule has 2 atom stereocenters. The van der Waals surface area contributed by atoms with E-state index in [-0.39, 0.29) is 0 Å². The number of rotatable bonds is 8. The van der Waals surface area contributed by atoms with Gasteiger partial charge >= 0.3 is 17.9 Å². The van der Waals surface area contributed by atoms with Crippen LogP contribution in [0.25, 0.3) is 0 Å². The van der Waals surface area contributed by atoms with E-state index in [9.17, 15) is 24.3 Å². The second-order valence-electron chi connectivity index (χ2n) is 3.84. The van der Waals surface area contributed by atoms with E-state index in [1.54, 1.807) is 0 Å². The van der Waals surface area contributed by atoms with Crippen LogP contribution in [0.3, 0.4) is 0 Å². The second-order valence-corrected chi connectivity index (χ2v) is 3.84. The first kappa shape index (κ1) is 16.8. The van der Waals surface area contributed by atoms with Crippen molar-refractivity contribution in [1.29, 1.82) is 0 Å². The number of carbonyl (C=O) groups excluding carboxylic acids is 2. The average molecular weight is 274 g/mol. The van der Waals surface area contributed by atoms with Gasteiger partial charge in [-0.25, -0.2) is 4.79 Å². The predicted octanol–water partition coefficient (Wildman–Crippen LogP) is -0.646. The number of carbonyl (C=O) groups is 4. The first-order chi connectivity index (χ1) is 8.62. The highest BCUT2D eigenvalue weighted by atomic mass is 16.5. The third kappa shape index (κ3) is 5.30. The molecule has 0 aromatic carbocycles. The molecule has 0 radical (unpaired) electrons. The number of esters is 1. The Hall–Kier alpha value is -2.22. The lowest BCUT2D eigenvalue weighted by Gasteiger charge is -2.21. The summed E-state index contributed by atoms with van der Waals surface area (Å²) in [6, 6.07) is 0. The summed E-state index contributed by atoms with van der Waals surface area (Å²) in [7, 11) is 0. The lowest BCUT2D eigenvalue weighted by atomic mass is 9.96. The number of hydrogen-bond donors (Lipinski definition) is 3. The number of aliphatic hydroxyl groups is 1. The Morgan fingerprint density at radius 1 is 1.26 bits per heavy atom. The minimum Gasteiger partial charge on any atom is -0.481 e. The first-order valence-corrected chi connectivity index (χ1v) is 5.12. The topological polar surface area (TPSA) is 138 Å². The average Bonchev–Trinajstić information content (AvgIpc) is 2.23. The molecule has 0 aliphatic carbocycles. The highest BCUT2D eigenvalue weighted by Crippen LogP contribution is 2.17. The van der Waals surface area contributed by atoms with Crippen LogP contribution in [0.4, 0.5) is 0 Å². The van der Waals surface area contributed by atoms with E-state index in [0.717, 1.165) is 13.0 Å². The van der Waals surface area contributed by atoms with Crippen LogP contribution >= 0.6 is 0 Å². The molecular weight excluding hydrogens is 260 g/mol. The van der Waals surface area contributed by atoms with Crippen LogP contribution in [0.5, 0.6) is 0 Å². The number of carboxylic acids is 2.